The fourth-order valence-corrected chi connectivity index (χ4v) is 7.80. The molecule has 0 heterocycles. The highest BCUT2D eigenvalue weighted by Crippen LogP contribution is 2.60. The molecule has 1 aromatic carbocycles. The molecule has 0 radical (unpaired) electrons. The number of fused-ring (bicyclic) bond motifs is 3. The number of aliphatic hydroxyl groups excluding tert-OH is 1. The van der Waals surface area contributed by atoms with Gasteiger partial charge in [0.2, 0.25) is 0 Å². The summed E-state index contributed by atoms with van der Waals surface area (Å²) in [7, 11) is 0. The molecule has 4 rings (SSSR count). The third kappa shape index (κ3) is 6.39. The maximum atomic E-state index is 13.0. The van der Waals surface area contributed by atoms with Crippen molar-refractivity contribution in [2.24, 2.45) is 22.7 Å². The van der Waals surface area contributed by atoms with Crippen LogP contribution in [0.1, 0.15) is 73.3 Å². The Balaban J connectivity index is 1.82. The van der Waals surface area contributed by atoms with Crippen LogP contribution in [0.15, 0.2) is 59.7 Å². The predicted octanol–water partition coefficient (Wildman–Crippen LogP) is 5.12. The van der Waals surface area contributed by atoms with Gasteiger partial charge in [-0.1, -0.05) is 57.7 Å². The Morgan fingerprint density at radius 2 is 1.52 bits per heavy atom. The molecule has 44 heavy (non-hydrogen) atoms. The predicted molar refractivity (Wildman–Crippen MR) is 163 cm³/mol. The van der Waals surface area contributed by atoms with E-state index in [-0.39, 0.29) is 0 Å². The third-order valence-electron chi connectivity index (χ3n) is 9.81. The number of esters is 4. The average Bonchev–Trinajstić information content (AvgIpc) is 2.93. The van der Waals surface area contributed by atoms with Gasteiger partial charge in [-0.3, -0.25) is 14.4 Å². The first-order valence-electron chi connectivity index (χ1n) is 15.1. The Bertz CT molecular complexity index is 1370. The van der Waals surface area contributed by atoms with E-state index in [4.69, 9.17) is 18.9 Å². The maximum Gasteiger partial charge on any atom is 0.331 e. The lowest BCUT2D eigenvalue weighted by Crippen LogP contribution is -2.63. The first kappa shape index (κ1) is 33.2. The van der Waals surface area contributed by atoms with Crippen LogP contribution in [0.25, 0.3) is 6.08 Å². The number of ether oxygens (including phenoxy) is 4. The number of aliphatic hydroxyl groups is 1. The lowest BCUT2D eigenvalue weighted by molar-refractivity contribution is -0.193. The van der Waals surface area contributed by atoms with Crippen molar-refractivity contribution >= 4 is 30.0 Å². The molecule has 0 amide bonds. The summed E-state index contributed by atoms with van der Waals surface area (Å²) in [5, 5.41) is 12.2. The second-order valence-electron chi connectivity index (χ2n) is 13.1. The molecule has 3 aliphatic carbocycles. The van der Waals surface area contributed by atoms with Gasteiger partial charge in [-0.05, 0) is 60.0 Å². The molecule has 1 aromatic rings. The lowest BCUT2D eigenvalue weighted by Gasteiger charge is -2.59. The van der Waals surface area contributed by atoms with Crippen LogP contribution in [-0.2, 0) is 38.1 Å². The zero-order chi connectivity index (χ0) is 32.6. The largest absolute Gasteiger partial charge is 0.462 e. The van der Waals surface area contributed by atoms with Crippen LogP contribution in [0.2, 0.25) is 0 Å². The van der Waals surface area contributed by atoms with E-state index >= 15 is 0 Å². The van der Waals surface area contributed by atoms with Gasteiger partial charge in [-0.2, -0.15) is 0 Å². The van der Waals surface area contributed by atoms with E-state index in [1.807, 2.05) is 58.0 Å². The van der Waals surface area contributed by atoms with Gasteiger partial charge in [0.1, 0.15) is 24.4 Å². The fourth-order valence-electron chi connectivity index (χ4n) is 7.80. The smallest absolute Gasteiger partial charge is 0.331 e. The van der Waals surface area contributed by atoms with Crippen molar-refractivity contribution in [2.45, 2.75) is 98.2 Å². The highest BCUT2D eigenvalue weighted by molar-refractivity contribution is 5.87. The fraction of sp³-hybridized carbons (Fsp3) is 0.543. The van der Waals surface area contributed by atoms with Crippen molar-refractivity contribution in [1.29, 1.82) is 0 Å². The zero-order valence-electron chi connectivity index (χ0n) is 26.6. The minimum atomic E-state index is -1.25. The molecule has 9 nitrogen and oxygen atoms in total. The molecular formula is C35H44O9. The Hall–Kier alpha value is -3.72. The monoisotopic (exact) mass is 608 g/mol. The SMILES string of the molecule is C=C1[C@@H](OC(=O)/C=C/c2ccccc2)CC[C@@]2(C)[C@@H](O)[C@H](OC(C)=O)C3=C(C)[C@@H](OC(C)=O)C[C@H]([C@@H](OC(C)=O)[C@H]12)C3(C)C. The summed E-state index contributed by atoms with van der Waals surface area (Å²) in [5.74, 6) is -3.25. The number of carbonyl (C=O) groups is 4. The van der Waals surface area contributed by atoms with Crippen LogP contribution in [-0.4, -0.2) is 59.5 Å². The molecule has 0 aromatic heterocycles. The summed E-state index contributed by atoms with van der Waals surface area (Å²) in [4.78, 5) is 50.3. The van der Waals surface area contributed by atoms with Crippen molar-refractivity contribution in [3.63, 3.8) is 0 Å². The third-order valence-corrected chi connectivity index (χ3v) is 9.81. The second-order valence-corrected chi connectivity index (χ2v) is 13.1. The van der Waals surface area contributed by atoms with E-state index in [0.29, 0.717) is 36.0 Å². The van der Waals surface area contributed by atoms with Gasteiger partial charge in [-0.25, -0.2) is 4.79 Å². The molecule has 0 unspecified atom stereocenters. The van der Waals surface area contributed by atoms with Gasteiger partial charge in [-0.15, -0.1) is 0 Å². The van der Waals surface area contributed by atoms with E-state index in [1.54, 1.807) is 6.08 Å². The molecule has 0 saturated heterocycles. The van der Waals surface area contributed by atoms with Gasteiger partial charge < -0.3 is 24.1 Å². The number of benzene rings is 1. The number of hydrogen-bond acceptors (Lipinski definition) is 9. The van der Waals surface area contributed by atoms with Gasteiger partial charge in [0.05, 0.1) is 0 Å². The molecule has 8 atom stereocenters. The summed E-state index contributed by atoms with van der Waals surface area (Å²) >= 11 is 0. The topological polar surface area (TPSA) is 125 Å². The Kier molecular flexibility index (Phi) is 9.59. The first-order chi connectivity index (χ1) is 20.6. The molecule has 0 spiro atoms. The van der Waals surface area contributed by atoms with Crippen molar-refractivity contribution in [2.75, 3.05) is 0 Å². The Morgan fingerprint density at radius 3 is 2.11 bits per heavy atom. The van der Waals surface area contributed by atoms with E-state index in [0.717, 1.165) is 5.56 Å². The zero-order valence-corrected chi connectivity index (χ0v) is 26.6. The van der Waals surface area contributed by atoms with Crippen molar-refractivity contribution in [3.05, 3.63) is 65.3 Å². The van der Waals surface area contributed by atoms with Crippen molar-refractivity contribution < 1.29 is 43.2 Å². The lowest BCUT2D eigenvalue weighted by atomic mass is 9.49. The molecule has 2 fully saturated rings. The van der Waals surface area contributed by atoms with Gasteiger partial charge >= 0.3 is 23.9 Å². The number of rotatable bonds is 6. The van der Waals surface area contributed by atoms with Crippen LogP contribution in [0, 0.1) is 22.7 Å². The van der Waals surface area contributed by atoms with Crippen LogP contribution in [0.4, 0.5) is 0 Å². The van der Waals surface area contributed by atoms with Crippen molar-refractivity contribution in [1.82, 2.24) is 0 Å². The van der Waals surface area contributed by atoms with E-state index in [2.05, 4.69) is 6.58 Å². The highest BCUT2D eigenvalue weighted by atomic mass is 16.6. The maximum absolute atomic E-state index is 13.0. The van der Waals surface area contributed by atoms with Crippen molar-refractivity contribution in [3.8, 4) is 0 Å². The van der Waals surface area contributed by atoms with Crippen LogP contribution < -0.4 is 0 Å². The average molecular weight is 609 g/mol. The van der Waals surface area contributed by atoms with Gasteiger partial charge in [0.15, 0.2) is 6.10 Å². The summed E-state index contributed by atoms with van der Waals surface area (Å²) in [5.41, 5.74) is 0.920. The minimum absolute atomic E-state index is 0.326. The van der Waals surface area contributed by atoms with Crippen LogP contribution >= 0.6 is 0 Å². The van der Waals surface area contributed by atoms with Crippen LogP contribution in [0.5, 0.6) is 0 Å². The van der Waals surface area contributed by atoms with E-state index < -0.39 is 77.1 Å². The standard InChI is InChI=1S/C35H44O9/c1-19-26(44-28(39)15-14-24-12-10-9-11-13-24)16-17-35(8)30(19)31(42-22(4)37)25-18-27(41-21(3)36)20(2)29(34(25,6)7)32(33(35)40)43-23(5)38/h9-15,25-27,30-33,40H,1,16-18H2,2-8H3/b15-14+/t25-,26+,27+,30+,31-,32-,33+,35-/m1/s1. The molecule has 9 heteroatoms. The molecule has 2 saturated carbocycles. The highest BCUT2D eigenvalue weighted by Gasteiger charge is 2.63. The van der Waals surface area contributed by atoms with E-state index in [9.17, 15) is 24.3 Å². The molecule has 238 valence electrons. The number of hydrogen-bond donors (Lipinski definition) is 1. The minimum Gasteiger partial charge on any atom is -0.462 e. The molecule has 1 N–H and O–H groups in total. The summed E-state index contributed by atoms with van der Waals surface area (Å²) < 4.78 is 23.7. The first-order valence-corrected chi connectivity index (χ1v) is 15.1. The number of carbonyl (C=O) groups excluding carboxylic acids is 4. The molecule has 0 aliphatic heterocycles. The Morgan fingerprint density at radius 1 is 0.909 bits per heavy atom. The van der Waals surface area contributed by atoms with E-state index in [1.165, 1.54) is 26.8 Å². The van der Waals surface area contributed by atoms with Gasteiger partial charge in [0.25, 0.3) is 0 Å². The summed E-state index contributed by atoms with van der Waals surface area (Å²) in [6.07, 6.45) is -0.473. The second kappa shape index (κ2) is 12.7. The molecule has 2 bridgehead atoms. The normalized spacial score (nSPS) is 33.0. The molecule has 3 aliphatic rings. The van der Waals surface area contributed by atoms with Gasteiger partial charge in [0, 0.05) is 44.1 Å². The summed E-state index contributed by atoms with van der Waals surface area (Å²) in [6.45, 7) is 15.9. The van der Waals surface area contributed by atoms with Crippen LogP contribution in [0.3, 0.4) is 0 Å². The summed E-state index contributed by atoms with van der Waals surface area (Å²) in [6, 6.07) is 9.36. The Labute approximate surface area is 259 Å². The molecular weight excluding hydrogens is 564 g/mol. The quantitative estimate of drug-likeness (QED) is 0.203.